The third-order valence-corrected chi connectivity index (χ3v) is 2.70. The highest BCUT2D eigenvalue weighted by atomic mass is 16.5. The Morgan fingerprint density at radius 1 is 1.07 bits per heavy atom. The van der Waals surface area contributed by atoms with Gasteiger partial charge < -0.3 is 4.74 Å². The molecule has 0 aromatic heterocycles. The van der Waals surface area contributed by atoms with Gasteiger partial charge in [0.15, 0.2) is 0 Å². The molecule has 1 saturated heterocycles. The van der Waals surface area contributed by atoms with Crippen LogP contribution < -0.4 is 0 Å². The molecular formula is C12H25NO. The van der Waals surface area contributed by atoms with E-state index in [2.05, 4.69) is 46.4 Å². The molecule has 0 N–H and O–H groups in total. The Morgan fingerprint density at radius 2 is 1.64 bits per heavy atom. The van der Waals surface area contributed by atoms with Gasteiger partial charge in [-0.05, 0) is 27.2 Å². The monoisotopic (exact) mass is 199 g/mol. The fourth-order valence-corrected chi connectivity index (χ4v) is 2.04. The van der Waals surface area contributed by atoms with Crippen LogP contribution >= 0.6 is 0 Å². The van der Waals surface area contributed by atoms with Crippen molar-refractivity contribution in [1.82, 2.24) is 4.90 Å². The highest BCUT2D eigenvalue weighted by Gasteiger charge is 2.38. The highest BCUT2D eigenvalue weighted by Crippen LogP contribution is 2.32. The van der Waals surface area contributed by atoms with E-state index in [-0.39, 0.29) is 17.2 Å². The fourth-order valence-electron chi connectivity index (χ4n) is 2.04. The molecule has 0 spiro atoms. The van der Waals surface area contributed by atoms with E-state index < -0.39 is 0 Å². The SMILES string of the molecule is CC(C)(C)C1OCCCN1C(C)(C)C. The van der Waals surface area contributed by atoms with Crippen LogP contribution in [0.25, 0.3) is 0 Å². The molecule has 1 aliphatic heterocycles. The zero-order chi connectivity index (χ0) is 11.0. The maximum absolute atomic E-state index is 5.91. The van der Waals surface area contributed by atoms with Crippen LogP contribution in [0.4, 0.5) is 0 Å². The van der Waals surface area contributed by atoms with Crippen LogP contribution in [0.1, 0.15) is 48.0 Å². The molecule has 0 aromatic carbocycles. The molecule has 1 heterocycles. The first-order chi connectivity index (χ1) is 6.23. The van der Waals surface area contributed by atoms with Gasteiger partial charge in [0.05, 0.1) is 0 Å². The van der Waals surface area contributed by atoms with Gasteiger partial charge in [0.25, 0.3) is 0 Å². The summed E-state index contributed by atoms with van der Waals surface area (Å²) in [5.74, 6) is 0. The molecule has 2 heteroatoms. The van der Waals surface area contributed by atoms with Crippen molar-refractivity contribution in [3.63, 3.8) is 0 Å². The van der Waals surface area contributed by atoms with Gasteiger partial charge in [0.2, 0.25) is 0 Å². The topological polar surface area (TPSA) is 12.5 Å². The first kappa shape index (κ1) is 12.0. The van der Waals surface area contributed by atoms with E-state index in [1.165, 1.54) is 0 Å². The van der Waals surface area contributed by atoms with Gasteiger partial charge in [-0.2, -0.15) is 0 Å². The first-order valence-electron chi connectivity index (χ1n) is 5.61. The van der Waals surface area contributed by atoms with Crippen LogP contribution in [0.15, 0.2) is 0 Å². The summed E-state index contributed by atoms with van der Waals surface area (Å²) in [6.45, 7) is 15.6. The summed E-state index contributed by atoms with van der Waals surface area (Å²) in [6, 6.07) is 0. The molecular weight excluding hydrogens is 174 g/mol. The lowest BCUT2D eigenvalue weighted by molar-refractivity contribution is -0.177. The molecule has 0 amide bonds. The molecule has 2 nitrogen and oxygen atoms in total. The van der Waals surface area contributed by atoms with Gasteiger partial charge >= 0.3 is 0 Å². The predicted octanol–water partition coefficient (Wildman–Crippen LogP) is 2.88. The standard InChI is InChI=1S/C12H25NO/c1-11(2,3)10-13(12(4,5)6)8-7-9-14-10/h10H,7-9H2,1-6H3. The minimum Gasteiger partial charge on any atom is -0.363 e. The van der Waals surface area contributed by atoms with Gasteiger partial charge in [-0.3, -0.25) is 4.90 Å². The van der Waals surface area contributed by atoms with Crippen molar-refractivity contribution >= 4 is 0 Å². The number of hydrogen-bond donors (Lipinski definition) is 0. The van der Waals surface area contributed by atoms with Crippen molar-refractivity contribution < 1.29 is 4.74 Å². The Kier molecular flexibility index (Phi) is 3.27. The lowest BCUT2D eigenvalue weighted by atomic mass is 9.89. The van der Waals surface area contributed by atoms with Crippen LogP contribution in [-0.2, 0) is 4.74 Å². The van der Waals surface area contributed by atoms with Crippen LogP contribution in [0.2, 0.25) is 0 Å². The van der Waals surface area contributed by atoms with Crippen LogP contribution in [0.5, 0.6) is 0 Å². The second kappa shape index (κ2) is 3.82. The molecule has 0 aromatic rings. The molecule has 0 bridgehead atoms. The highest BCUT2D eigenvalue weighted by molar-refractivity contribution is 4.86. The molecule has 14 heavy (non-hydrogen) atoms. The molecule has 1 aliphatic rings. The Balaban J connectivity index is 2.80. The summed E-state index contributed by atoms with van der Waals surface area (Å²) in [4.78, 5) is 2.48. The van der Waals surface area contributed by atoms with E-state index >= 15 is 0 Å². The maximum atomic E-state index is 5.91. The summed E-state index contributed by atoms with van der Waals surface area (Å²) >= 11 is 0. The quantitative estimate of drug-likeness (QED) is 0.595. The average Bonchev–Trinajstić information content (AvgIpc) is 2.01. The largest absolute Gasteiger partial charge is 0.363 e. The number of hydrogen-bond acceptors (Lipinski definition) is 2. The van der Waals surface area contributed by atoms with Gasteiger partial charge in [-0.25, -0.2) is 0 Å². The van der Waals surface area contributed by atoms with Crippen LogP contribution in [0, 0.1) is 5.41 Å². The third kappa shape index (κ3) is 2.71. The first-order valence-corrected chi connectivity index (χ1v) is 5.61. The fraction of sp³-hybridized carbons (Fsp3) is 1.00. The number of rotatable bonds is 0. The summed E-state index contributed by atoms with van der Waals surface area (Å²) in [7, 11) is 0. The normalized spacial score (nSPS) is 26.6. The maximum Gasteiger partial charge on any atom is 0.115 e. The van der Waals surface area contributed by atoms with E-state index in [0.29, 0.717) is 0 Å². The van der Waals surface area contributed by atoms with Gasteiger partial charge in [-0.15, -0.1) is 0 Å². The second-order valence-electron chi connectivity index (χ2n) is 6.31. The molecule has 1 rings (SSSR count). The van der Waals surface area contributed by atoms with Gasteiger partial charge in [-0.1, -0.05) is 20.8 Å². The second-order valence-corrected chi connectivity index (χ2v) is 6.31. The van der Waals surface area contributed by atoms with Crippen molar-refractivity contribution in [3.05, 3.63) is 0 Å². The van der Waals surface area contributed by atoms with Crippen LogP contribution in [0.3, 0.4) is 0 Å². The lowest BCUT2D eigenvalue weighted by Gasteiger charge is -2.49. The van der Waals surface area contributed by atoms with Crippen molar-refractivity contribution in [2.24, 2.45) is 5.41 Å². The molecule has 0 aliphatic carbocycles. The van der Waals surface area contributed by atoms with Gasteiger partial charge in [0.1, 0.15) is 6.23 Å². The van der Waals surface area contributed by atoms with E-state index in [1.54, 1.807) is 0 Å². The number of ether oxygens (including phenoxy) is 1. The van der Waals surface area contributed by atoms with Gasteiger partial charge in [0, 0.05) is 24.1 Å². The Bertz CT molecular complexity index is 165. The molecule has 0 radical (unpaired) electrons. The molecule has 1 unspecified atom stereocenters. The van der Waals surface area contributed by atoms with E-state index in [4.69, 9.17) is 4.74 Å². The summed E-state index contributed by atoms with van der Waals surface area (Å²) < 4.78 is 5.91. The zero-order valence-electron chi connectivity index (χ0n) is 10.6. The lowest BCUT2D eigenvalue weighted by Crippen LogP contribution is -2.57. The molecule has 1 fully saturated rings. The summed E-state index contributed by atoms with van der Waals surface area (Å²) in [5.41, 5.74) is 0.409. The predicted molar refractivity (Wildman–Crippen MR) is 60.3 cm³/mol. The average molecular weight is 199 g/mol. The minimum absolute atomic E-state index is 0.202. The van der Waals surface area contributed by atoms with Crippen molar-refractivity contribution in [2.45, 2.75) is 59.7 Å². The van der Waals surface area contributed by atoms with E-state index in [9.17, 15) is 0 Å². The zero-order valence-corrected chi connectivity index (χ0v) is 10.6. The smallest absolute Gasteiger partial charge is 0.115 e. The Morgan fingerprint density at radius 3 is 2.00 bits per heavy atom. The summed E-state index contributed by atoms with van der Waals surface area (Å²) in [5, 5.41) is 0. The molecule has 84 valence electrons. The molecule has 0 saturated carbocycles. The minimum atomic E-state index is 0.202. The van der Waals surface area contributed by atoms with E-state index in [0.717, 1.165) is 19.6 Å². The van der Waals surface area contributed by atoms with Crippen LogP contribution in [-0.4, -0.2) is 29.8 Å². The Hall–Kier alpha value is -0.0800. The van der Waals surface area contributed by atoms with Crippen molar-refractivity contribution in [1.29, 1.82) is 0 Å². The summed E-state index contributed by atoms with van der Waals surface area (Å²) in [6.07, 6.45) is 1.42. The van der Waals surface area contributed by atoms with Crippen molar-refractivity contribution in [2.75, 3.05) is 13.2 Å². The molecule has 1 atom stereocenters. The van der Waals surface area contributed by atoms with Crippen molar-refractivity contribution in [3.8, 4) is 0 Å². The van der Waals surface area contributed by atoms with E-state index in [1.807, 2.05) is 0 Å². The third-order valence-electron chi connectivity index (χ3n) is 2.70. The Labute approximate surface area is 88.6 Å². The number of nitrogens with zero attached hydrogens (tertiary/aromatic N) is 1.